The highest BCUT2D eigenvalue weighted by molar-refractivity contribution is 5.76. The smallest absolute Gasteiger partial charge is 0.275 e. The quantitative estimate of drug-likeness (QED) is 0.613. The van der Waals surface area contributed by atoms with Crippen LogP contribution in [0.25, 0.3) is 0 Å². The van der Waals surface area contributed by atoms with Crippen LogP contribution in [0, 0.1) is 0 Å². The van der Waals surface area contributed by atoms with Crippen molar-refractivity contribution in [1.29, 1.82) is 0 Å². The van der Waals surface area contributed by atoms with Gasteiger partial charge in [0.15, 0.2) is 6.54 Å². The van der Waals surface area contributed by atoms with Gasteiger partial charge in [0, 0.05) is 12.1 Å². The summed E-state index contributed by atoms with van der Waals surface area (Å²) < 4.78 is 10.2. The number of hydrogen-bond acceptors (Lipinski definition) is 4. The number of benzene rings is 1. The van der Waals surface area contributed by atoms with Gasteiger partial charge in [-0.15, -0.1) is 0 Å². The number of nitrogens with one attached hydrogen (secondary N) is 1. The van der Waals surface area contributed by atoms with Gasteiger partial charge in [-0.05, 0) is 18.2 Å². The minimum atomic E-state index is -0.856. The summed E-state index contributed by atoms with van der Waals surface area (Å²) in [6.07, 6.45) is -0.856. The van der Waals surface area contributed by atoms with E-state index < -0.39 is 6.10 Å². The van der Waals surface area contributed by atoms with Crippen molar-refractivity contribution in [2.24, 2.45) is 0 Å². The van der Waals surface area contributed by atoms with E-state index in [0.29, 0.717) is 17.1 Å². The molecule has 1 rings (SSSR count). The molecule has 5 N–H and O–H groups in total. The van der Waals surface area contributed by atoms with Crippen molar-refractivity contribution in [2.45, 2.75) is 6.10 Å². The van der Waals surface area contributed by atoms with Crippen molar-refractivity contribution in [3.63, 3.8) is 0 Å². The van der Waals surface area contributed by atoms with Crippen LogP contribution in [-0.4, -0.2) is 38.3 Å². The number of ether oxygens (including phenoxy) is 2. The number of rotatable bonds is 6. The zero-order valence-corrected chi connectivity index (χ0v) is 10.6. The normalized spacial score (nSPS) is 11.8. The van der Waals surface area contributed by atoms with Gasteiger partial charge in [-0.2, -0.15) is 0 Å². The molecule has 0 fully saturated rings. The molecule has 0 saturated heterocycles. The Morgan fingerprint density at radius 1 is 1.44 bits per heavy atom. The maximum atomic E-state index is 11.1. The molecule has 0 spiro atoms. The van der Waals surface area contributed by atoms with Crippen molar-refractivity contribution < 1.29 is 25.1 Å². The molecule has 0 unspecified atom stereocenters. The summed E-state index contributed by atoms with van der Waals surface area (Å²) in [5.41, 5.74) is 4.03. The Hall–Kier alpha value is -1.79. The number of aliphatic hydroxyl groups is 1. The molecule has 0 aliphatic rings. The molecule has 1 aromatic carbocycles. The van der Waals surface area contributed by atoms with Gasteiger partial charge < -0.3 is 25.6 Å². The van der Waals surface area contributed by atoms with Crippen LogP contribution in [0.15, 0.2) is 18.2 Å². The van der Waals surface area contributed by atoms with E-state index in [1.54, 1.807) is 25.3 Å². The fourth-order valence-electron chi connectivity index (χ4n) is 1.51. The third kappa shape index (κ3) is 3.61. The van der Waals surface area contributed by atoms with E-state index >= 15 is 0 Å². The van der Waals surface area contributed by atoms with Gasteiger partial charge in [-0.3, -0.25) is 4.79 Å². The van der Waals surface area contributed by atoms with E-state index in [1.807, 2.05) is 0 Å². The second kappa shape index (κ2) is 6.83. The average molecular weight is 255 g/mol. The van der Waals surface area contributed by atoms with Crippen molar-refractivity contribution >= 4 is 5.91 Å². The standard InChI is InChI=1S/C12H18N2O4/c1-17-8-3-4-11(18-2)9(5-8)10(15)7-14-12(16)6-13/h3-5,10,15H,6-7,13H2,1-2H3,(H,14,16)/p+1/t10-/m0/s1. The molecule has 1 atom stereocenters. The molecule has 0 heterocycles. The topological polar surface area (TPSA) is 95.4 Å². The second-order valence-corrected chi connectivity index (χ2v) is 3.68. The number of aliphatic hydroxyl groups excluding tert-OH is 1. The molecule has 0 aliphatic heterocycles. The lowest BCUT2D eigenvalue weighted by molar-refractivity contribution is -0.355. The van der Waals surface area contributed by atoms with E-state index in [-0.39, 0.29) is 19.0 Å². The molecule has 0 saturated carbocycles. The number of quaternary nitrogens is 1. The van der Waals surface area contributed by atoms with Gasteiger partial charge in [0.25, 0.3) is 5.91 Å². The van der Waals surface area contributed by atoms with Gasteiger partial charge >= 0.3 is 0 Å². The van der Waals surface area contributed by atoms with Crippen LogP contribution in [0.2, 0.25) is 0 Å². The molecular formula is C12H19N2O4+. The van der Waals surface area contributed by atoms with Crippen LogP contribution in [0.5, 0.6) is 11.5 Å². The largest absolute Gasteiger partial charge is 0.497 e. The zero-order chi connectivity index (χ0) is 13.5. The molecule has 0 radical (unpaired) electrons. The van der Waals surface area contributed by atoms with Crippen LogP contribution in [0.3, 0.4) is 0 Å². The highest BCUT2D eigenvalue weighted by atomic mass is 16.5. The molecule has 0 bridgehead atoms. The maximum absolute atomic E-state index is 11.1. The van der Waals surface area contributed by atoms with E-state index in [2.05, 4.69) is 11.1 Å². The van der Waals surface area contributed by atoms with E-state index in [1.165, 1.54) is 7.11 Å². The van der Waals surface area contributed by atoms with Crippen LogP contribution in [0.1, 0.15) is 11.7 Å². The van der Waals surface area contributed by atoms with Crippen molar-refractivity contribution in [1.82, 2.24) is 5.32 Å². The SMILES string of the molecule is COc1ccc(OC)c([C@@H](O)CNC(=O)C[NH3+])c1. The summed E-state index contributed by atoms with van der Waals surface area (Å²) in [7, 11) is 3.06. The van der Waals surface area contributed by atoms with E-state index in [0.717, 1.165) is 0 Å². The van der Waals surface area contributed by atoms with Crippen LogP contribution < -0.4 is 20.5 Å². The lowest BCUT2D eigenvalue weighted by Crippen LogP contribution is -2.57. The minimum Gasteiger partial charge on any atom is -0.497 e. The molecule has 1 amide bonds. The number of hydrogen-bond donors (Lipinski definition) is 3. The Balaban J connectivity index is 2.82. The summed E-state index contributed by atoms with van der Waals surface area (Å²) in [5.74, 6) is 0.955. The molecule has 0 aliphatic carbocycles. The summed E-state index contributed by atoms with van der Waals surface area (Å²) in [4.78, 5) is 11.1. The Morgan fingerprint density at radius 3 is 2.72 bits per heavy atom. The lowest BCUT2D eigenvalue weighted by Gasteiger charge is -2.16. The third-order valence-electron chi connectivity index (χ3n) is 2.52. The average Bonchev–Trinajstić information content (AvgIpc) is 2.43. The number of amides is 1. The monoisotopic (exact) mass is 255 g/mol. The first kappa shape index (κ1) is 14.3. The fraction of sp³-hybridized carbons (Fsp3) is 0.417. The van der Waals surface area contributed by atoms with Gasteiger partial charge in [0.1, 0.15) is 11.5 Å². The third-order valence-corrected chi connectivity index (χ3v) is 2.52. The first-order valence-corrected chi connectivity index (χ1v) is 5.58. The summed E-state index contributed by atoms with van der Waals surface area (Å²) >= 11 is 0. The second-order valence-electron chi connectivity index (χ2n) is 3.68. The van der Waals surface area contributed by atoms with Gasteiger partial charge in [0.2, 0.25) is 0 Å². The van der Waals surface area contributed by atoms with Crippen LogP contribution >= 0.6 is 0 Å². The first-order valence-electron chi connectivity index (χ1n) is 5.58. The summed E-state index contributed by atoms with van der Waals surface area (Å²) in [6, 6.07) is 5.13. The van der Waals surface area contributed by atoms with Crippen molar-refractivity contribution in [3.05, 3.63) is 23.8 Å². The van der Waals surface area contributed by atoms with Crippen LogP contribution in [-0.2, 0) is 4.79 Å². The Morgan fingerprint density at radius 2 is 2.17 bits per heavy atom. The maximum Gasteiger partial charge on any atom is 0.275 e. The number of methoxy groups -OCH3 is 2. The molecular weight excluding hydrogens is 236 g/mol. The van der Waals surface area contributed by atoms with Crippen molar-refractivity contribution in [3.8, 4) is 11.5 Å². The zero-order valence-electron chi connectivity index (χ0n) is 10.6. The number of carbonyl (C=O) groups is 1. The predicted molar refractivity (Wildman–Crippen MR) is 65.3 cm³/mol. The molecule has 6 nitrogen and oxygen atoms in total. The lowest BCUT2D eigenvalue weighted by atomic mass is 10.1. The summed E-state index contributed by atoms with van der Waals surface area (Å²) in [6.45, 7) is 0.250. The highest BCUT2D eigenvalue weighted by Gasteiger charge is 2.15. The Kier molecular flexibility index (Phi) is 5.41. The summed E-state index contributed by atoms with van der Waals surface area (Å²) in [5, 5.41) is 12.6. The molecule has 18 heavy (non-hydrogen) atoms. The van der Waals surface area contributed by atoms with Gasteiger partial charge in [0.05, 0.1) is 20.3 Å². The predicted octanol–water partition coefficient (Wildman–Crippen LogP) is -0.905. The number of carbonyl (C=O) groups excluding carboxylic acids is 1. The first-order chi connectivity index (χ1) is 8.62. The van der Waals surface area contributed by atoms with E-state index in [9.17, 15) is 9.90 Å². The molecule has 0 aromatic heterocycles. The Bertz CT molecular complexity index is 409. The fourth-order valence-corrected chi connectivity index (χ4v) is 1.51. The minimum absolute atomic E-state index is 0.109. The highest BCUT2D eigenvalue weighted by Crippen LogP contribution is 2.28. The van der Waals surface area contributed by atoms with E-state index in [4.69, 9.17) is 9.47 Å². The van der Waals surface area contributed by atoms with Crippen LogP contribution in [0.4, 0.5) is 0 Å². The molecule has 6 heteroatoms. The molecule has 1 aromatic rings. The van der Waals surface area contributed by atoms with Gasteiger partial charge in [-0.1, -0.05) is 0 Å². The molecule has 100 valence electrons. The van der Waals surface area contributed by atoms with Gasteiger partial charge in [-0.25, -0.2) is 0 Å². The Labute approximate surface area is 106 Å². The van der Waals surface area contributed by atoms with Crippen molar-refractivity contribution in [2.75, 3.05) is 27.3 Å².